The summed E-state index contributed by atoms with van der Waals surface area (Å²) in [6.07, 6.45) is 3.49. The molecule has 0 atom stereocenters. The van der Waals surface area contributed by atoms with E-state index in [0.29, 0.717) is 6.54 Å². The molecule has 6 nitrogen and oxygen atoms in total. The van der Waals surface area contributed by atoms with Crippen LogP contribution < -0.4 is 5.46 Å². The first kappa shape index (κ1) is 14.5. The molecule has 2 aromatic heterocycles. The molecule has 0 bridgehead atoms. The Hall–Kier alpha value is -1.44. The van der Waals surface area contributed by atoms with Crippen molar-refractivity contribution in [3.63, 3.8) is 0 Å². The van der Waals surface area contributed by atoms with Gasteiger partial charge in [0.2, 0.25) is 0 Å². The number of hydrogen-bond donors (Lipinski definition) is 1. The Morgan fingerprint density at radius 3 is 2.48 bits per heavy atom. The van der Waals surface area contributed by atoms with Crippen LogP contribution in [0.5, 0.6) is 0 Å². The second-order valence-corrected chi connectivity index (χ2v) is 6.36. The summed E-state index contributed by atoms with van der Waals surface area (Å²) in [5, 5.41) is 14.1. The lowest BCUT2D eigenvalue weighted by molar-refractivity contribution is 0.00578. The predicted molar refractivity (Wildman–Crippen MR) is 80.3 cm³/mol. The van der Waals surface area contributed by atoms with Gasteiger partial charge in [0.05, 0.1) is 30.6 Å². The molecule has 1 saturated heterocycles. The Morgan fingerprint density at radius 1 is 1.19 bits per heavy atom. The van der Waals surface area contributed by atoms with Crippen LogP contribution in [0.4, 0.5) is 0 Å². The topological polar surface area (TPSA) is 69.4 Å². The van der Waals surface area contributed by atoms with E-state index < -0.39 is 7.12 Å². The summed E-state index contributed by atoms with van der Waals surface area (Å²) in [7, 11) is -0.423. The summed E-state index contributed by atoms with van der Waals surface area (Å²) in [6, 6.07) is 1.98. The van der Waals surface area contributed by atoms with E-state index in [2.05, 4.69) is 10.1 Å². The van der Waals surface area contributed by atoms with Crippen molar-refractivity contribution in [1.82, 2.24) is 14.8 Å². The van der Waals surface area contributed by atoms with Gasteiger partial charge in [-0.3, -0.25) is 0 Å². The van der Waals surface area contributed by atoms with Crippen molar-refractivity contribution in [2.45, 2.75) is 45.4 Å². The highest BCUT2D eigenvalue weighted by atomic mass is 16.7. The molecule has 0 aromatic carbocycles. The maximum Gasteiger partial charge on any atom is 0.496 e. The van der Waals surface area contributed by atoms with Gasteiger partial charge in [0.25, 0.3) is 0 Å². The van der Waals surface area contributed by atoms with Gasteiger partial charge in [0.1, 0.15) is 0 Å². The van der Waals surface area contributed by atoms with Crippen LogP contribution in [0.3, 0.4) is 0 Å². The molecule has 2 aromatic rings. The summed E-state index contributed by atoms with van der Waals surface area (Å²) >= 11 is 0. The number of pyridine rings is 1. The smallest absolute Gasteiger partial charge is 0.399 e. The van der Waals surface area contributed by atoms with Crippen LogP contribution in [0.2, 0.25) is 0 Å². The van der Waals surface area contributed by atoms with Crippen LogP contribution in [0.15, 0.2) is 18.5 Å². The van der Waals surface area contributed by atoms with Crippen molar-refractivity contribution >= 4 is 23.6 Å². The summed E-state index contributed by atoms with van der Waals surface area (Å²) in [5.74, 6) is 0. The summed E-state index contributed by atoms with van der Waals surface area (Å²) in [5.41, 5.74) is 0.899. The SMILES string of the molecule is CC1(C)OB(c2cnc3c(cnn3CCO)c2)OC1(C)C. The standard InChI is InChI=1S/C14H20BN3O3/c1-13(2)14(3,4)21-15(20-13)11-7-10-8-17-18(5-6-19)12(10)16-9-11/h7-9,19H,5-6H2,1-4H3. The molecule has 1 aliphatic rings. The molecule has 3 heterocycles. The molecule has 21 heavy (non-hydrogen) atoms. The van der Waals surface area contributed by atoms with Crippen molar-refractivity contribution in [2.24, 2.45) is 0 Å². The quantitative estimate of drug-likeness (QED) is 0.843. The Labute approximate surface area is 124 Å². The van der Waals surface area contributed by atoms with Crippen molar-refractivity contribution in [1.29, 1.82) is 0 Å². The minimum absolute atomic E-state index is 0.0391. The van der Waals surface area contributed by atoms with Crippen LogP contribution in [0, 0.1) is 0 Å². The average molecular weight is 289 g/mol. The fourth-order valence-electron chi connectivity index (χ4n) is 2.36. The summed E-state index contributed by atoms with van der Waals surface area (Å²) in [4.78, 5) is 4.43. The number of hydrogen-bond acceptors (Lipinski definition) is 5. The zero-order valence-corrected chi connectivity index (χ0v) is 12.8. The lowest BCUT2D eigenvalue weighted by atomic mass is 9.80. The highest BCUT2D eigenvalue weighted by molar-refractivity contribution is 6.62. The molecule has 1 aliphatic heterocycles. The summed E-state index contributed by atoms with van der Waals surface area (Å²) < 4.78 is 13.7. The number of aromatic nitrogens is 3. The molecule has 7 heteroatoms. The molecule has 0 aliphatic carbocycles. The maximum absolute atomic E-state index is 9.01. The van der Waals surface area contributed by atoms with Crippen LogP contribution in [-0.2, 0) is 15.9 Å². The molecule has 0 amide bonds. The van der Waals surface area contributed by atoms with Crippen LogP contribution in [0.1, 0.15) is 27.7 Å². The molecule has 0 radical (unpaired) electrons. The van der Waals surface area contributed by atoms with E-state index in [0.717, 1.165) is 16.5 Å². The van der Waals surface area contributed by atoms with E-state index in [1.165, 1.54) is 0 Å². The first-order chi connectivity index (χ1) is 9.84. The molecular weight excluding hydrogens is 269 g/mol. The average Bonchev–Trinajstić information content (AvgIpc) is 2.89. The first-order valence-electron chi connectivity index (χ1n) is 7.12. The molecule has 3 rings (SSSR count). The zero-order chi connectivity index (χ0) is 15.3. The van der Waals surface area contributed by atoms with Crippen molar-refractivity contribution in [2.75, 3.05) is 6.61 Å². The molecule has 0 spiro atoms. The lowest BCUT2D eigenvalue weighted by Gasteiger charge is -2.32. The number of nitrogens with zero attached hydrogens (tertiary/aromatic N) is 3. The van der Waals surface area contributed by atoms with Crippen molar-refractivity contribution in [3.8, 4) is 0 Å². The molecule has 0 saturated carbocycles. The number of aliphatic hydroxyl groups is 1. The van der Waals surface area contributed by atoms with Gasteiger partial charge in [-0.05, 0) is 33.8 Å². The number of fused-ring (bicyclic) bond motifs is 1. The van der Waals surface area contributed by atoms with E-state index in [-0.39, 0.29) is 17.8 Å². The van der Waals surface area contributed by atoms with Gasteiger partial charge >= 0.3 is 7.12 Å². The third kappa shape index (κ3) is 2.35. The highest BCUT2D eigenvalue weighted by Gasteiger charge is 2.51. The van der Waals surface area contributed by atoms with Crippen LogP contribution in [-0.4, -0.2) is 44.8 Å². The minimum atomic E-state index is -0.423. The molecule has 1 fully saturated rings. The Morgan fingerprint density at radius 2 is 1.86 bits per heavy atom. The molecule has 1 N–H and O–H groups in total. The maximum atomic E-state index is 9.01. The fraction of sp³-hybridized carbons (Fsp3) is 0.571. The van der Waals surface area contributed by atoms with E-state index in [9.17, 15) is 0 Å². The van der Waals surface area contributed by atoms with Gasteiger partial charge in [0, 0.05) is 17.0 Å². The van der Waals surface area contributed by atoms with Gasteiger partial charge in [-0.1, -0.05) is 0 Å². The minimum Gasteiger partial charge on any atom is -0.399 e. The number of aliphatic hydroxyl groups excluding tert-OH is 1. The summed E-state index contributed by atoms with van der Waals surface area (Å²) in [6.45, 7) is 8.58. The van der Waals surface area contributed by atoms with E-state index >= 15 is 0 Å². The van der Waals surface area contributed by atoms with Gasteiger partial charge in [-0.25, -0.2) is 9.67 Å². The first-order valence-corrected chi connectivity index (χ1v) is 7.12. The Balaban J connectivity index is 1.92. The molecular formula is C14H20BN3O3. The van der Waals surface area contributed by atoms with E-state index in [1.54, 1.807) is 17.1 Å². The highest BCUT2D eigenvalue weighted by Crippen LogP contribution is 2.36. The largest absolute Gasteiger partial charge is 0.496 e. The fourth-order valence-corrected chi connectivity index (χ4v) is 2.36. The normalized spacial score (nSPS) is 20.3. The van der Waals surface area contributed by atoms with Gasteiger partial charge in [0.15, 0.2) is 5.65 Å². The Bertz CT molecular complexity index is 653. The third-order valence-electron chi connectivity index (χ3n) is 4.33. The third-order valence-corrected chi connectivity index (χ3v) is 4.33. The van der Waals surface area contributed by atoms with Crippen LogP contribution in [0.25, 0.3) is 11.0 Å². The molecule has 0 unspecified atom stereocenters. The predicted octanol–water partition coefficient (Wildman–Crippen LogP) is 0.723. The Kier molecular flexibility index (Phi) is 3.31. The molecule has 112 valence electrons. The second kappa shape index (κ2) is 4.79. The zero-order valence-electron chi connectivity index (χ0n) is 12.8. The van der Waals surface area contributed by atoms with E-state index in [4.69, 9.17) is 14.4 Å². The van der Waals surface area contributed by atoms with Crippen LogP contribution >= 0.6 is 0 Å². The van der Waals surface area contributed by atoms with E-state index in [1.807, 2.05) is 33.8 Å². The van der Waals surface area contributed by atoms with Gasteiger partial charge in [-0.2, -0.15) is 5.10 Å². The van der Waals surface area contributed by atoms with Gasteiger partial charge in [-0.15, -0.1) is 0 Å². The van der Waals surface area contributed by atoms with Crippen molar-refractivity contribution in [3.05, 3.63) is 18.5 Å². The number of rotatable bonds is 3. The second-order valence-electron chi connectivity index (χ2n) is 6.36. The monoisotopic (exact) mass is 289 g/mol. The lowest BCUT2D eigenvalue weighted by Crippen LogP contribution is -2.41. The van der Waals surface area contributed by atoms with Crippen molar-refractivity contribution < 1.29 is 14.4 Å². The van der Waals surface area contributed by atoms with Gasteiger partial charge < -0.3 is 14.4 Å².